The lowest BCUT2D eigenvalue weighted by Crippen LogP contribution is -2.02. The molecule has 0 fully saturated rings. The second kappa shape index (κ2) is 14.2. The first-order chi connectivity index (χ1) is 12.7. The van der Waals surface area contributed by atoms with E-state index >= 15 is 0 Å². The van der Waals surface area contributed by atoms with E-state index in [1.807, 2.05) is 0 Å². The second-order valence-electron chi connectivity index (χ2n) is 6.61. The standard InChI is InChI=1S/C22H34O4/c1-3-4-5-6-7-8-9-10-11-12-17-26-22(24)16-14-19-13-15-20(23)21(18-19)25-2/h13-16,18,23H,3-12,17H2,1-2H3/b16-14+. The van der Waals surface area contributed by atoms with Gasteiger partial charge in [-0.25, -0.2) is 4.79 Å². The van der Waals surface area contributed by atoms with Crippen LogP contribution < -0.4 is 4.74 Å². The second-order valence-corrected chi connectivity index (χ2v) is 6.61. The molecule has 1 rings (SSSR count). The number of hydrogen-bond acceptors (Lipinski definition) is 4. The summed E-state index contributed by atoms with van der Waals surface area (Å²) in [5.74, 6) is 0.118. The normalized spacial score (nSPS) is 11.0. The van der Waals surface area contributed by atoms with Crippen LogP contribution in [0.3, 0.4) is 0 Å². The van der Waals surface area contributed by atoms with Gasteiger partial charge in [0.15, 0.2) is 11.5 Å². The minimum atomic E-state index is -0.340. The van der Waals surface area contributed by atoms with Crippen molar-refractivity contribution in [2.75, 3.05) is 13.7 Å². The van der Waals surface area contributed by atoms with Gasteiger partial charge in [0, 0.05) is 6.08 Å². The maximum absolute atomic E-state index is 11.7. The van der Waals surface area contributed by atoms with Gasteiger partial charge in [-0.15, -0.1) is 0 Å². The van der Waals surface area contributed by atoms with Crippen molar-refractivity contribution < 1.29 is 19.4 Å². The van der Waals surface area contributed by atoms with Crippen LogP contribution in [0.2, 0.25) is 0 Å². The molecule has 1 N–H and O–H groups in total. The number of aromatic hydroxyl groups is 1. The Morgan fingerprint density at radius 1 is 1.00 bits per heavy atom. The third-order valence-corrected chi connectivity index (χ3v) is 4.36. The zero-order valence-corrected chi connectivity index (χ0v) is 16.3. The van der Waals surface area contributed by atoms with Crippen LogP contribution in [-0.4, -0.2) is 24.8 Å². The molecule has 4 nitrogen and oxygen atoms in total. The molecule has 0 bridgehead atoms. The predicted molar refractivity (Wildman–Crippen MR) is 106 cm³/mol. The first-order valence-corrected chi connectivity index (χ1v) is 9.89. The molecule has 0 aliphatic carbocycles. The Morgan fingerprint density at radius 3 is 2.23 bits per heavy atom. The molecule has 1 aromatic carbocycles. The van der Waals surface area contributed by atoms with E-state index in [0.29, 0.717) is 12.4 Å². The Bertz CT molecular complexity index is 537. The Morgan fingerprint density at radius 2 is 1.62 bits per heavy atom. The highest BCUT2D eigenvalue weighted by Gasteiger charge is 2.02. The topological polar surface area (TPSA) is 55.8 Å². The van der Waals surface area contributed by atoms with E-state index in [-0.39, 0.29) is 11.7 Å². The molecule has 0 saturated heterocycles. The molecule has 0 aliphatic heterocycles. The van der Waals surface area contributed by atoms with E-state index in [1.54, 1.807) is 18.2 Å². The third kappa shape index (κ3) is 10.1. The Labute approximate surface area is 158 Å². The molecule has 0 atom stereocenters. The SMILES string of the molecule is CCCCCCCCCCCCOC(=O)/C=C/c1ccc(O)c(OC)c1. The summed E-state index contributed by atoms with van der Waals surface area (Å²) < 4.78 is 10.2. The van der Waals surface area contributed by atoms with Crippen molar-refractivity contribution >= 4 is 12.0 Å². The van der Waals surface area contributed by atoms with Crippen LogP contribution in [0.5, 0.6) is 11.5 Å². The molecular weight excluding hydrogens is 328 g/mol. The van der Waals surface area contributed by atoms with Gasteiger partial charge < -0.3 is 14.6 Å². The molecule has 0 aliphatic rings. The summed E-state index contributed by atoms with van der Waals surface area (Å²) in [6, 6.07) is 4.92. The molecule has 4 heteroatoms. The number of methoxy groups -OCH3 is 1. The van der Waals surface area contributed by atoms with Crippen molar-refractivity contribution in [1.29, 1.82) is 0 Å². The Kier molecular flexibility index (Phi) is 12.1. The van der Waals surface area contributed by atoms with Crippen molar-refractivity contribution in [2.45, 2.75) is 71.1 Å². The van der Waals surface area contributed by atoms with Crippen LogP contribution in [0.15, 0.2) is 24.3 Å². The highest BCUT2D eigenvalue weighted by molar-refractivity contribution is 5.87. The van der Waals surface area contributed by atoms with E-state index < -0.39 is 0 Å². The van der Waals surface area contributed by atoms with Crippen LogP contribution in [0, 0.1) is 0 Å². The fourth-order valence-corrected chi connectivity index (χ4v) is 2.77. The van der Waals surface area contributed by atoms with Gasteiger partial charge in [-0.05, 0) is 30.2 Å². The third-order valence-electron chi connectivity index (χ3n) is 4.36. The molecule has 0 radical (unpaired) electrons. The molecule has 1 aromatic rings. The van der Waals surface area contributed by atoms with E-state index in [1.165, 1.54) is 70.6 Å². The summed E-state index contributed by atoms with van der Waals surface area (Å²) in [5, 5.41) is 9.54. The van der Waals surface area contributed by atoms with Crippen molar-refractivity contribution in [1.82, 2.24) is 0 Å². The lowest BCUT2D eigenvalue weighted by atomic mass is 10.1. The van der Waals surface area contributed by atoms with E-state index in [0.717, 1.165) is 18.4 Å². The van der Waals surface area contributed by atoms with Crippen LogP contribution in [0.25, 0.3) is 6.08 Å². The lowest BCUT2D eigenvalue weighted by molar-refractivity contribution is -0.137. The smallest absolute Gasteiger partial charge is 0.330 e. The van der Waals surface area contributed by atoms with Crippen LogP contribution in [0.1, 0.15) is 76.7 Å². The van der Waals surface area contributed by atoms with Gasteiger partial charge in [0.25, 0.3) is 0 Å². The number of phenols is 1. The maximum atomic E-state index is 11.7. The fourth-order valence-electron chi connectivity index (χ4n) is 2.77. The van der Waals surface area contributed by atoms with Crippen LogP contribution in [-0.2, 0) is 9.53 Å². The van der Waals surface area contributed by atoms with Crippen LogP contribution in [0.4, 0.5) is 0 Å². The van der Waals surface area contributed by atoms with Crippen molar-refractivity contribution in [2.24, 2.45) is 0 Å². The largest absolute Gasteiger partial charge is 0.504 e. The molecule has 0 amide bonds. The van der Waals surface area contributed by atoms with Gasteiger partial charge in [-0.1, -0.05) is 70.8 Å². The summed E-state index contributed by atoms with van der Waals surface area (Å²) in [7, 11) is 1.49. The first-order valence-electron chi connectivity index (χ1n) is 9.89. The lowest BCUT2D eigenvalue weighted by Gasteiger charge is -2.04. The van der Waals surface area contributed by atoms with Gasteiger partial charge in [0.05, 0.1) is 13.7 Å². The average molecular weight is 363 g/mol. The quantitative estimate of drug-likeness (QED) is 0.255. The number of unbranched alkanes of at least 4 members (excludes halogenated alkanes) is 9. The van der Waals surface area contributed by atoms with Crippen LogP contribution >= 0.6 is 0 Å². The molecule has 146 valence electrons. The van der Waals surface area contributed by atoms with Gasteiger partial charge in [0.1, 0.15) is 0 Å². The number of hydrogen-bond donors (Lipinski definition) is 1. The van der Waals surface area contributed by atoms with Gasteiger partial charge >= 0.3 is 5.97 Å². The zero-order chi connectivity index (χ0) is 19.0. The molecule has 26 heavy (non-hydrogen) atoms. The van der Waals surface area contributed by atoms with Crippen molar-refractivity contribution in [3.8, 4) is 11.5 Å². The van der Waals surface area contributed by atoms with E-state index in [2.05, 4.69) is 6.92 Å². The number of rotatable bonds is 14. The van der Waals surface area contributed by atoms with Crippen molar-refractivity contribution in [3.05, 3.63) is 29.8 Å². The van der Waals surface area contributed by atoms with Crippen molar-refractivity contribution in [3.63, 3.8) is 0 Å². The minimum absolute atomic E-state index is 0.0770. The summed E-state index contributed by atoms with van der Waals surface area (Å²) >= 11 is 0. The number of benzene rings is 1. The number of carbonyl (C=O) groups excluding carboxylic acids is 1. The summed E-state index contributed by atoms with van der Waals surface area (Å²) in [6.45, 7) is 2.71. The number of phenolic OH excluding ortho intramolecular Hbond substituents is 1. The van der Waals surface area contributed by atoms with Gasteiger partial charge in [-0.2, -0.15) is 0 Å². The summed E-state index contributed by atoms with van der Waals surface area (Å²) in [5.41, 5.74) is 0.774. The molecule has 0 heterocycles. The Hall–Kier alpha value is -1.97. The first kappa shape index (κ1) is 22.1. The summed E-state index contributed by atoms with van der Waals surface area (Å²) in [4.78, 5) is 11.7. The predicted octanol–water partition coefficient (Wildman–Crippen LogP) is 5.88. The number of carbonyl (C=O) groups is 1. The van der Waals surface area contributed by atoms with Gasteiger partial charge in [-0.3, -0.25) is 0 Å². The maximum Gasteiger partial charge on any atom is 0.330 e. The Balaban J connectivity index is 2.06. The molecular formula is C22H34O4. The van der Waals surface area contributed by atoms with E-state index in [4.69, 9.17) is 9.47 Å². The highest BCUT2D eigenvalue weighted by atomic mass is 16.5. The molecule has 0 saturated carbocycles. The average Bonchev–Trinajstić information content (AvgIpc) is 2.65. The molecule has 0 aromatic heterocycles. The molecule has 0 spiro atoms. The highest BCUT2D eigenvalue weighted by Crippen LogP contribution is 2.26. The number of ether oxygens (including phenoxy) is 2. The number of esters is 1. The fraction of sp³-hybridized carbons (Fsp3) is 0.591. The van der Waals surface area contributed by atoms with Gasteiger partial charge in [0.2, 0.25) is 0 Å². The zero-order valence-electron chi connectivity index (χ0n) is 16.3. The summed E-state index contributed by atoms with van der Waals surface area (Å²) in [6.07, 6.45) is 15.7. The molecule has 0 unspecified atom stereocenters. The van der Waals surface area contributed by atoms with E-state index in [9.17, 15) is 9.90 Å². The minimum Gasteiger partial charge on any atom is -0.504 e. The monoisotopic (exact) mass is 362 g/mol.